The zero-order chi connectivity index (χ0) is 19.6. The van der Waals surface area contributed by atoms with Gasteiger partial charge in [0, 0.05) is 31.7 Å². The Labute approximate surface area is 187 Å². The van der Waals surface area contributed by atoms with Crippen LogP contribution in [-0.4, -0.2) is 56.3 Å². The highest BCUT2D eigenvalue weighted by atomic mass is 127. The van der Waals surface area contributed by atoms with E-state index in [1.807, 2.05) is 25.1 Å². The molecular formula is C21H37IN4O2. The van der Waals surface area contributed by atoms with E-state index in [-0.39, 0.29) is 24.0 Å². The minimum Gasteiger partial charge on any atom is -0.493 e. The predicted molar refractivity (Wildman–Crippen MR) is 127 cm³/mol. The standard InChI is InChI=1S/C21H36N4O2.HI/c1-6-22-21(24-18-10-12-25(13-11-18)16(3)4)23-15-17-8-9-19(26-5)20(14-17)27-7-2;/h8-9,14,16,18H,6-7,10-13,15H2,1-5H3,(H2,22,23,24);1H. The fraction of sp³-hybridized carbons (Fsp3) is 0.667. The van der Waals surface area contributed by atoms with Gasteiger partial charge in [0.15, 0.2) is 17.5 Å². The largest absolute Gasteiger partial charge is 0.493 e. The zero-order valence-electron chi connectivity index (χ0n) is 18.0. The molecule has 1 aliphatic rings. The Morgan fingerprint density at radius 2 is 1.93 bits per heavy atom. The quantitative estimate of drug-likeness (QED) is 0.322. The Balaban J connectivity index is 0.00000392. The lowest BCUT2D eigenvalue weighted by molar-refractivity contribution is 0.167. The minimum absolute atomic E-state index is 0. The van der Waals surface area contributed by atoms with E-state index >= 15 is 0 Å². The summed E-state index contributed by atoms with van der Waals surface area (Å²) in [4.78, 5) is 7.31. The van der Waals surface area contributed by atoms with E-state index in [0.29, 0.717) is 25.2 Å². The molecule has 1 aromatic rings. The Bertz CT molecular complexity index is 602. The first-order valence-electron chi connectivity index (χ1n) is 10.2. The maximum atomic E-state index is 5.66. The normalized spacial score (nSPS) is 15.9. The average molecular weight is 504 g/mol. The van der Waals surface area contributed by atoms with Gasteiger partial charge >= 0.3 is 0 Å². The van der Waals surface area contributed by atoms with Gasteiger partial charge in [0.2, 0.25) is 0 Å². The van der Waals surface area contributed by atoms with Crippen molar-refractivity contribution in [2.75, 3.05) is 33.4 Å². The molecule has 1 saturated heterocycles. The number of hydrogen-bond donors (Lipinski definition) is 2. The van der Waals surface area contributed by atoms with Crippen molar-refractivity contribution in [1.82, 2.24) is 15.5 Å². The Morgan fingerprint density at radius 3 is 2.50 bits per heavy atom. The van der Waals surface area contributed by atoms with Crippen molar-refractivity contribution in [2.24, 2.45) is 4.99 Å². The summed E-state index contributed by atoms with van der Waals surface area (Å²) in [5, 5.41) is 6.97. The number of likely N-dealkylation sites (tertiary alicyclic amines) is 1. The molecule has 0 bridgehead atoms. The van der Waals surface area contributed by atoms with Gasteiger partial charge in [0.25, 0.3) is 0 Å². The number of piperidine rings is 1. The molecule has 6 nitrogen and oxygen atoms in total. The maximum absolute atomic E-state index is 5.66. The lowest BCUT2D eigenvalue weighted by Gasteiger charge is -2.35. The van der Waals surface area contributed by atoms with Crippen LogP contribution in [0.1, 0.15) is 46.1 Å². The first kappa shape index (κ1) is 24.8. The molecule has 2 rings (SSSR count). The molecule has 0 spiro atoms. The van der Waals surface area contributed by atoms with Gasteiger partial charge in [-0.05, 0) is 58.2 Å². The summed E-state index contributed by atoms with van der Waals surface area (Å²) < 4.78 is 11.0. The molecule has 0 amide bonds. The van der Waals surface area contributed by atoms with Crippen molar-refractivity contribution < 1.29 is 9.47 Å². The Morgan fingerprint density at radius 1 is 1.21 bits per heavy atom. The molecule has 7 heteroatoms. The van der Waals surface area contributed by atoms with Gasteiger partial charge in [-0.2, -0.15) is 0 Å². The van der Waals surface area contributed by atoms with E-state index in [2.05, 4.69) is 36.3 Å². The van der Waals surface area contributed by atoms with E-state index in [1.54, 1.807) is 7.11 Å². The van der Waals surface area contributed by atoms with Crippen LogP contribution in [0.5, 0.6) is 11.5 Å². The van der Waals surface area contributed by atoms with Crippen molar-refractivity contribution in [2.45, 2.75) is 59.2 Å². The summed E-state index contributed by atoms with van der Waals surface area (Å²) in [5.41, 5.74) is 1.10. The van der Waals surface area contributed by atoms with Crippen molar-refractivity contribution in [3.63, 3.8) is 0 Å². The van der Waals surface area contributed by atoms with Crippen LogP contribution >= 0.6 is 24.0 Å². The number of benzene rings is 1. The molecule has 0 atom stereocenters. The van der Waals surface area contributed by atoms with Crippen LogP contribution in [0.15, 0.2) is 23.2 Å². The summed E-state index contributed by atoms with van der Waals surface area (Å²) in [6, 6.07) is 7.10. The smallest absolute Gasteiger partial charge is 0.191 e. The molecule has 1 aliphatic heterocycles. The fourth-order valence-corrected chi connectivity index (χ4v) is 3.33. The van der Waals surface area contributed by atoms with E-state index in [1.165, 1.54) is 0 Å². The molecule has 2 N–H and O–H groups in total. The zero-order valence-corrected chi connectivity index (χ0v) is 20.3. The van der Waals surface area contributed by atoms with Crippen LogP contribution < -0.4 is 20.1 Å². The van der Waals surface area contributed by atoms with Crippen molar-refractivity contribution in [3.05, 3.63) is 23.8 Å². The van der Waals surface area contributed by atoms with Crippen molar-refractivity contribution >= 4 is 29.9 Å². The number of rotatable bonds is 8. The average Bonchev–Trinajstić information content (AvgIpc) is 2.67. The monoisotopic (exact) mass is 504 g/mol. The number of methoxy groups -OCH3 is 1. The van der Waals surface area contributed by atoms with Crippen molar-refractivity contribution in [1.29, 1.82) is 0 Å². The molecule has 0 saturated carbocycles. The maximum Gasteiger partial charge on any atom is 0.191 e. The van der Waals surface area contributed by atoms with Crippen LogP contribution in [0, 0.1) is 0 Å². The summed E-state index contributed by atoms with van der Waals surface area (Å²) in [7, 11) is 1.66. The summed E-state index contributed by atoms with van der Waals surface area (Å²) >= 11 is 0. The third kappa shape index (κ3) is 7.66. The number of nitrogens with zero attached hydrogens (tertiary/aromatic N) is 2. The lowest BCUT2D eigenvalue weighted by Crippen LogP contribution is -2.49. The number of guanidine groups is 1. The highest BCUT2D eigenvalue weighted by Gasteiger charge is 2.21. The molecule has 1 aromatic carbocycles. The number of hydrogen-bond acceptors (Lipinski definition) is 4. The van der Waals surface area contributed by atoms with Gasteiger partial charge in [-0.3, -0.25) is 0 Å². The molecule has 0 aromatic heterocycles. The first-order chi connectivity index (χ1) is 13.1. The number of ether oxygens (including phenoxy) is 2. The van der Waals surface area contributed by atoms with Gasteiger partial charge in [-0.25, -0.2) is 4.99 Å². The Kier molecular flexibility index (Phi) is 11.6. The van der Waals surface area contributed by atoms with Gasteiger partial charge in [0.1, 0.15) is 0 Å². The van der Waals surface area contributed by atoms with Crippen LogP contribution in [0.4, 0.5) is 0 Å². The van der Waals surface area contributed by atoms with E-state index in [4.69, 9.17) is 14.5 Å². The third-order valence-electron chi connectivity index (χ3n) is 4.89. The lowest BCUT2D eigenvalue weighted by atomic mass is 10.0. The fourth-order valence-electron chi connectivity index (χ4n) is 3.33. The summed E-state index contributed by atoms with van der Waals surface area (Å²) in [5.74, 6) is 2.41. The van der Waals surface area contributed by atoms with Crippen LogP contribution in [0.2, 0.25) is 0 Å². The topological polar surface area (TPSA) is 58.1 Å². The van der Waals surface area contributed by atoms with Crippen LogP contribution in [0.25, 0.3) is 0 Å². The van der Waals surface area contributed by atoms with Gasteiger partial charge in [0.05, 0.1) is 20.3 Å². The van der Waals surface area contributed by atoms with E-state index in [0.717, 1.165) is 55.5 Å². The van der Waals surface area contributed by atoms with Crippen molar-refractivity contribution in [3.8, 4) is 11.5 Å². The summed E-state index contributed by atoms with van der Waals surface area (Å²) in [6.45, 7) is 13.0. The third-order valence-corrected chi connectivity index (χ3v) is 4.89. The first-order valence-corrected chi connectivity index (χ1v) is 10.2. The second kappa shape index (κ2) is 13.1. The molecule has 0 radical (unpaired) electrons. The summed E-state index contributed by atoms with van der Waals surface area (Å²) in [6.07, 6.45) is 2.30. The van der Waals surface area contributed by atoms with E-state index in [9.17, 15) is 0 Å². The van der Waals surface area contributed by atoms with Gasteiger partial charge in [-0.1, -0.05) is 6.07 Å². The van der Waals surface area contributed by atoms with Gasteiger partial charge < -0.3 is 25.0 Å². The number of halogens is 1. The molecule has 1 fully saturated rings. The number of aliphatic imine (C=N–C) groups is 1. The Hall–Kier alpha value is -1.22. The highest BCUT2D eigenvalue weighted by molar-refractivity contribution is 14.0. The minimum atomic E-state index is 0. The van der Waals surface area contributed by atoms with Crippen LogP contribution in [-0.2, 0) is 6.54 Å². The molecule has 28 heavy (non-hydrogen) atoms. The molecule has 160 valence electrons. The van der Waals surface area contributed by atoms with E-state index < -0.39 is 0 Å². The second-order valence-corrected chi connectivity index (χ2v) is 7.16. The molecular weight excluding hydrogens is 467 g/mol. The van der Waals surface area contributed by atoms with Crippen LogP contribution in [0.3, 0.4) is 0 Å². The molecule has 0 aliphatic carbocycles. The molecule has 1 heterocycles. The van der Waals surface area contributed by atoms with Gasteiger partial charge in [-0.15, -0.1) is 24.0 Å². The molecule has 0 unspecified atom stereocenters. The predicted octanol–water partition coefficient (Wildman–Crippen LogP) is 3.64. The SMILES string of the molecule is CCNC(=NCc1ccc(OC)c(OCC)c1)NC1CCN(C(C)C)CC1.I. The highest BCUT2D eigenvalue weighted by Crippen LogP contribution is 2.28. The number of nitrogens with one attached hydrogen (secondary N) is 2. The second-order valence-electron chi connectivity index (χ2n) is 7.16.